The second-order valence-electron chi connectivity index (χ2n) is 6.09. The van der Waals surface area contributed by atoms with Gasteiger partial charge in [0, 0.05) is 16.6 Å². The molecule has 1 aliphatic rings. The lowest BCUT2D eigenvalue weighted by Crippen LogP contribution is -2.51. The maximum atomic E-state index is 12.2. The van der Waals surface area contributed by atoms with Crippen LogP contribution in [0.4, 0.5) is 4.79 Å². The molecule has 1 saturated carbocycles. The Hall–Kier alpha value is -1.07. The van der Waals surface area contributed by atoms with Gasteiger partial charge < -0.3 is 10.5 Å². The Labute approximate surface area is 128 Å². The first-order valence-corrected chi connectivity index (χ1v) is 7.48. The first-order chi connectivity index (χ1) is 9.28. The van der Waals surface area contributed by atoms with Crippen LogP contribution < -0.4 is 5.73 Å². The van der Waals surface area contributed by atoms with E-state index in [2.05, 4.69) is 28.1 Å². The van der Waals surface area contributed by atoms with Crippen LogP contribution >= 0.6 is 15.9 Å². The van der Waals surface area contributed by atoms with Crippen LogP contribution in [-0.2, 0) is 10.3 Å². The molecule has 1 aliphatic carbocycles. The van der Waals surface area contributed by atoms with Crippen LogP contribution in [0.5, 0.6) is 0 Å². The van der Waals surface area contributed by atoms with Gasteiger partial charge >= 0.3 is 6.09 Å². The van der Waals surface area contributed by atoms with Crippen LogP contribution in [0.15, 0.2) is 28.7 Å². The van der Waals surface area contributed by atoms with Gasteiger partial charge in [0.15, 0.2) is 0 Å². The Morgan fingerprint density at radius 3 is 2.60 bits per heavy atom. The Balaban J connectivity index is 2.35. The fraction of sp³-hybridized carbons (Fsp3) is 0.533. The Kier molecular flexibility index (Phi) is 4.12. The number of hydrogen-bond donors (Lipinski definition) is 1. The molecule has 2 N–H and O–H groups in total. The average molecular weight is 341 g/mol. The number of nitrogens with two attached hydrogens (primary N) is 1. The summed E-state index contributed by atoms with van der Waals surface area (Å²) in [7, 11) is 1.41. The molecular formula is C15H21BrN2O2. The van der Waals surface area contributed by atoms with Crippen LogP contribution in [0.2, 0.25) is 0 Å². The lowest BCUT2D eigenvalue weighted by molar-refractivity contribution is 0.0868. The summed E-state index contributed by atoms with van der Waals surface area (Å²) in [6.07, 6.45) is 1.56. The number of halogens is 1. The number of benzene rings is 1. The van der Waals surface area contributed by atoms with E-state index in [-0.39, 0.29) is 11.6 Å². The lowest BCUT2D eigenvalue weighted by atomic mass is 9.99. The molecule has 0 aromatic heterocycles. The van der Waals surface area contributed by atoms with Gasteiger partial charge in [-0.1, -0.05) is 28.1 Å². The molecule has 0 radical (unpaired) electrons. The molecule has 1 aromatic carbocycles. The van der Waals surface area contributed by atoms with Crippen molar-refractivity contribution in [2.75, 3.05) is 13.7 Å². The second-order valence-corrected chi connectivity index (χ2v) is 7.00. The first kappa shape index (κ1) is 15.3. The lowest BCUT2D eigenvalue weighted by Gasteiger charge is -2.36. The molecule has 110 valence electrons. The van der Waals surface area contributed by atoms with Crippen LogP contribution in [0.25, 0.3) is 0 Å². The molecule has 1 fully saturated rings. The molecule has 0 atom stereocenters. The van der Waals surface area contributed by atoms with E-state index in [1.807, 2.05) is 26.0 Å². The summed E-state index contributed by atoms with van der Waals surface area (Å²) in [5.41, 5.74) is 6.50. The van der Waals surface area contributed by atoms with Crippen molar-refractivity contribution in [1.29, 1.82) is 0 Å². The van der Waals surface area contributed by atoms with Gasteiger partial charge in [-0.2, -0.15) is 0 Å². The Bertz CT molecular complexity index is 507. The molecule has 1 aromatic rings. The van der Waals surface area contributed by atoms with Crippen molar-refractivity contribution in [1.82, 2.24) is 4.90 Å². The zero-order chi connectivity index (χ0) is 15.0. The standard InChI is InChI=1S/C15H21BrN2O2/c1-14(2,17)10-18(13(19)20-3)15(7-8-15)11-5-4-6-12(16)9-11/h4-6,9H,7-8,10,17H2,1-3H3. The number of ether oxygens (including phenoxy) is 1. The summed E-state index contributed by atoms with van der Waals surface area (Å²) in [5, 5.41) is 0. The summed E-state index contributed by atoms with van der Waals surface area (Å²) < 4.78 is 5.97. The molecule has 4 nitrogen and oxygen atoms in total. The molecule has 2 rings (SSSR count). The highest BCUT2D eigenvalue weighted by Gasteiger charge is 2.53. The number of carbonyl (C=O) groups excluding carboxylic acids is 1. The van der Waals surface area contributed by atoms with Crippen molar-refractivity contribution in [3.05, 3.63) is 34.3 Å². The number of methoxy groups -OCH3 is 1. The predicted molar refractivity (Wildman–Crippen MR) is 82.4 cm³/mol. The van der Waals surface area contributed by atoms with Crippen LogP contribution in [0.1, 0.15) is 32.3 Å². The van der Waals surface area contributed by atoms with Gasteiger partial charge in [-0.15, -0.1) is 0 Å². The third kappa shape index (κ3) is 3.15. The SMILES string of the molecule is COC(=O)N(CC(C)(C)N)C1(c2cccc(Br)c2)CC1. The third-order valence-electron chi connectivity index (χ3n) is 3.56. The summed E-state index contributed by atoms with van der Waals surface area (Å²) in [5.74, 6) is 0. The van der Waals surface area contributed by atoms with Crippen molar-refractivity contribution in [3.63, 3.8) is 0 Å². The van der Waals surface area contributed by atoms with E-state index in [1.54, 1.807) is 4.90 Å². The minimum absolute atomic E-state index is 0.270. The van der Waals surface area contributed by atoms with Gasteiger partial charge in [-0.3, -0.25) is 4.90 Å². The van der Waals surface area contributed by atoms with Crippen molar-refractivity contribution in [2.24, 2.45) is 5.73 Å². The van der Waals surface area contributed by atoms with Crippen molar-refractivity contribution in [3.8, 4) is 0 Å². The first-order valence-electron chi connectivity index (χ1n) is 6.69. The second kappa shape index (κ2) is 5.37. The zero-order valence-electron chi connectivity index (χ0n) is 12.1. The molecule has 0 aliphatic heterocycles. The molecule has 0 unspecified atom stereocenters. The van der Waals surface area contributed by atoms with Gasteiger partial charge in [0.1, 0.15) is 0 Å². The Morgan fingerprint density at radius 1 is 1.50 bits per heavy atom. The van der Waals surface area contributed by atoms with E-state index >= 15 is 0 Å². The molecular weight excluding hydrogens is 320 g/mol. The molecule has 20 heavy (non-hydrogen) atoms. The Morgan fingerprint density at radius 2 is 2.15 bits per heavy atom. The molecule has 0 heterocycles. The highest BCUT2D eigenvalue weighted by molar-refractivity contribution is 9.10. The monoisotopic (exact) mass is 340 g/mol. The van der Waals surface area contributed by atoms with Crippen molar-refractivity contribution in [2.45, 2.75) is 37.8 Å². The van der Waals surface area contributed by atoms with Gasteiger partial charge in [0.2, 0.25) is 0 Å². The molecule has 1 amide bonds. The molecule has 5 heteroatoms. The number of carbonyl (C=O) groups is 1. The minimum atomic E-state index is -0.463. The maximum Gasteiger partial charge on any atom is 0.410 e. The van der Waals surface area contributed by atoms with Crippen LogP contribution in [-0.4, -0.2) is 30.2 Å². The van der Waals surface area contributed by atoms with Gasteiger partial charge in [0.05, 0.1) is 12.6 Å². The number of rotatable bonds is 4. The summed E-state index contributed by atoms with van der Waals surface area (Å²) in [4.78, 5) is 13.9. The fourth-order valence-electron chi connectivity index (χ4n) is 2.52. The maximum absolute atomic E-state index is 12.2. The zero-order valence-corrected chi connectivity index (χ0v) is 13.7. The van der Waals surface area contributed by atoms with Crippen LogP contribution in [0, 0.1) is 0 Å². The van der Waals surface area contributed by atoms with Crippen LogP contribution in [0.3, 0.4) is 0 Å². The smallest absolute Gasteiger partial charge is 0.410 e. The van der Waals surface area contributed by atoms with E-state index in [1.165, 1.54) is 7.11 Å². The summed E-state index contributed by atoms with van der Waals surface area (Å²) >= 11 is 3.49. The minimum Gasteiger partial charge on any atom is -0.453 e. The predicted octanol–water partition coefficient (Wildman–Crippen LogP) is 3.24. The number of amides is 1. The van der Waals surface area contributed by atoms with Gasteiger partial charge in [-0.25, -0.2) is 4.79 Å². The third-order valence-corrected chi connectivity index (χ3v) is 4.06. The molecule has 0 spiro atoms. The van der Waals surface area contributed by atoms with Crippen molar-refractivity contribution < 1.29 is 9.53 Å². The van der Waals surface area contributed by atoms with E-state index in [0.717, 1.165) is 22.9 Å². The number of hydrogen-bond acceptors (Lipinski definition) is 3. The van der Waals surface area contributed by atoms with E-state index in [0.29, 0.717) is 6.54 Å². The average Bonchev–Trinajstić information content (AvgIpc) is 3.15. The largest absolute Gasteiger partial charge is 0.453 e. The summed E-state index contributed by atoms with van der Waals surface area (Å²) in [6, 6.07) is 8.08. The molecule has 0 saturated heterocycles. The fourth-order valence-corrected chi connectivity index (χ4v) is 2.92. The van der Waals surface area contributed by atoms with Gasteiger partial charge in [-0.05, 0) is 44.4 Å². The van der Waals surface area contributed by atoms with E-state index < -0.39 is 5.54 Å². The molecule has 0 bridgehead atoms. The number of nitrogens with zero attached hydrogens (tertiary/aromatic N) is 1. The normalized spacial score (nSPS) is 16.6. The van der Waals surface area contributed by atoms with Gasteiger partial charge in [0.25, 0.3) is 0 Å². The van der Waals surface area contributed by atoms with E-state index in [9.17, 15) is 4.79 Å². The quantitative estimate of drug-likeness (QED) is 0.915. The highest BCUT2D eigenvalue weighted by atomic mass is 79.9. The topological polar surface area (TPSA) is 55.6 Å². The van der Waals surface area contributed by atoms with E-state index in [4.69, 9.17) is 10.5 Å². The summed E-state index contributed by atoms with van der Waals surface area (Å²) in [6.45, 7) is 4.30. The van der Waals surface area contributed by atoms with Crippen molar-refractivity contribution >= 4 is 22.0 Å². The highest BCUT2D eigenvalue weighted by Crippen LogP contribution is 2.52.